The Morgan fingerprint density at radius 1 is 1.33 bits per heavy atom. The van der Waals surface area contributed by atoms with Crippen LogP contribution in [-0.4, -0.2) is 23.8 Å². The predicted molar refractivity (Wildman–Crippen MR) is 87.0 cm³/mol. The van der Waals surface area contributed by atoms with Crippen molar-refractivity contribution < 1.29 is 37.3 Å². The maximum atomic E-state index is 12.9. The average Bonchev–Trinajstić information content (AvgIpc) is 3.19. The fraction of sp³-hybridized carbons (Fsp3) is 0.421. The molecule has 1 aromatic rings. The Morgan fingerprint density at radius 3 is 2.78 bits per heavy atom. The van der Waals surface area contributed by atoms with Crippen LogP contribution in [0, 0.1) is 17.8 Å². The summed E-state index contributed by atoms with van der Waals surface area (Å²) in [6.45, 7) is 1.87. The highest BCUT2D eigenvalue weighted by Crippen LogP contribution is 2.59. The zero-order chi connectivity index (χ0) is 19.3. The molecule has 5 nitrogen and oxygen atoms in total. The quantitative estimate of drug-likeness (QED) is 0.834. The number of ether oxygens (including phenoxy) is 3. The fourth-order valence-electron chi connectivity index (χ4n) is 3.77. The summed E-state index contributed by atoms with van der Waals surface area (Å²) in [5, 5.41) is 9.12. The van der Waals surface area contributed by atoms with E-state index >= 15 is 0 Å². The lowest BCUT2D eigenvalue weighted by Gasteiger charge is -2.21. The largest absolute Gasteiger partial charge is 0.493 e. The molecule has 1 saturated heterocycles. The van der Waals surface area contributed by atoms with E-state index in [-0.39, 0.29) is 36.0 Å². The van der Waals surface area contributed by atoms with Crippen LogP contribution >= 0.6 is 0 Å². The molecule has 1 aliphatic heterocycles. The van der Waals surface area contributed by atoms with Crippen LogP contribution in [0.1, 0.15) is 18.9 Å². The summed E-state index contributed by atoms with van der Waals surface area (Å²) >= 11 is 0. The summed E-state index contributed by atoms with van der Waals surface area (Å²) in [6, 6.07) is 3.08. The van der Waals surface area contributed by atoms with Crippen molar-refractivity contribution in [2.75, 3.05) is 6.61 Å². The van der Waals surface area contributed by atoms with Gasteiger partial charge in [0.15, 0.2) is 11.5 Å². The maximum absolute atomic E-state index is 12.9. The van der Waals surface area contributed by atoms with Crippen molar-refractivity contribution in [1.82, 2.24) is 0 Å². The van der Waals surface area contributed by atoms with E-state index in [0.717, 1.165) is 12.1 Å². The summed E-state index contributed by atoms with van der Waals surface area (Å²) in [5.74, 6) is -0.00412. The number of hydrogen-bond acceptors (Lipinski definition) is 4. The molecule has 144 valence electrons. The highest BCUT2D eigenvalue weighted by atomic mass is 19.4. The van der Waals surface area contributed by atoms with Crippen molar-refractivity contribution in [2.24, 2.45) is 17.8 Å². The highest BCUT2D eigenvalue weighted by Gasteiger charge is 2.66. The first-order valence-corrected chi connectivity index (χ1v) is 8.62. The van der Waals surface area contributed by atoms with E-state index in [1.165, 1.54) is 6.07 Å². The van der Waals surface area contributed by atoms with Gasteiger partial charge in [-0.05, 0) is 37.6 Å². The Bertz CT molecular complexity index is 842. The first kappa shape index (κ1) is 17.8. The molecule has 1 saturated carbocycles. The number of benzene rings is 1. The average molecular weight is 382 g/mol. The number of carbonyl (C=O) groups is 1. The molecule has 0 bridgehead atoms. The van der Waals surface area contributed by atoms with Crippen LogP contribution in [0.5, 0.6) is 11.5 Å². The monoisotopic (exact) mass is 382 g/mol. The van der Waals surface area contributed by atoms with E-state index in [1.807, 2.05) is 0 Å². The minimum absolute atomic E-state index is 0.00915. The van der Waals surface area contributed by atoms with Gasteiger partial charge in [0.05, 0.1) is 12.2 Å². The molecular weight excluding hydrogens is 365 g/mol. The summed E-state index contributed by atoms with van der Waals surface area (Å²) in [7, 11) is 0. The van der Waals surface area contributed by atoms with Gasteiger partial charge in [-0.15, -0.1) is 0 Å². The molecule has 0 amide bonds. The van der Waals surface area contributed by atoms with Crippen LogP contribution in [0.15, 0.2) is 41.9 Å². The van der Waals surface area contributed by atoms with Gasteiger partial charge in [0.2, 0.25) is 0 Å². The van der Waals surface area contributed by atoms with Gasteiger partial charge in [0.25, 0.3) is 0 Å². The van der Waals surface area contributed by atoms with Gasteiger partial charge in [-0.1, -0.05) is 0 Å². The molecule has 1 N–H and O–H groups in total. The van der Waals surface area contributed by atoms with Crippen molar-refractivity contribution in [1.29, 1.82) is 0 Å². The summed E-state index contributed by atoms with van der Waals surface area (Å²) in [6.07, 6.45) is -0.728. The maximum Gasteiger partial charge on any atom is 0.416 e. The molecule has 27 heavy (non-hydrogen) atoms. The SMILES string of the molecule is CCOc1cc(C(F)(F)F)ccc1OC1=CCC2C(=C1)OC1C(C(=O)O)C21. The van der Waals surface area contributed by atoms with Crippen molar-refractivity contribution in [3.05, 3.63) is 47.4 Å². The molecule has 4 unspecified atom stereocenters. The van der Waals surface area contributed by atoms with E-state index in [0.29, 0.717) is 17.9 Å². The molecule has 2 fully saturated rings. The molecule has 8 heteroatoms. The van der Waals surface area contributed by atoms with Crippen molar-refractivity contribution in [3.63, 3.8) is 0 Å². The number of alkyl halides is 3. The number of halogens is 3. The number of fused-ring (bicyclic) bond motifs is 3. The van der Waals surface area contributed by atoms with E-state index in [2.05, 4.69) is 0 Å². The molecule has 3 aliphatic rings. The number of carboxylic acids is 1. The van der Waals surface area contributed by atoms with Gasteiger partial charge in [-0.25, -0.2) is 0 Å². The normalized spacial score (nSPS) is 28.3. The van der Waals surface area contributed by atoms with E-state index in [9.17, 15) is 18.0 Å². The van der Waals surface area contributed by atoms with E-state index < -0.39 is 23.6 Å². The van der Waals surface area contributed by atoms with Crippen LogP contribution in [-0.2, 0) is 15.7 Å². The Kier molecular flexibility index (Phi) is 4.09. The minimum atomic E-state index is -4.47. The number of allylic oxidation sites excluding steroid dienone is 3. The first-order chi connectivity index (χ1) is 12.8. The fourth-order valence-corrected chi connectivity index (χ4v) is 3.77. The molecule has 4 atom stereocenters. The van der Waals surface area contributed by atoms with Crippen LogP contribution in [0.2, 0.25) is 0 Å². The Hall–Kier alpha value is -2.64. The predicted octanol–water partition coefficient (Wildman–Crippen LogP) is 4.00. The molecule has 1 aromatic carbocycles. The minimum Gasteiger partial charge on any atom is -0.493 e. The Labute approximate surface area is 153 Å². The lowest BCUT2D eigenvalue weighted by molar-refractivity contribution is -0.140. The first-order valence-electron chi connectivity index (χ1n) is 8.62. The summed E-state index contributed by atoms with van der Waals surface area (Å²) in [5.41, 5.74) is -0.812. The number of rotatable bonds is 5. The van der Waals surface area contributed by atoms with Crippen LogP contribution in [0.4, 0.5) is 13.2 Å². The number of aliphatic carboxylic acids is 1. The third kappa shape index (κ3) is 3.13. The zero-order valence-corrected chi connectivity index (χ0v) is 14.3. The number of hydrogen-bond donors (Lipinski definition) is 1. The second-order valence-corrected chi connectivity index (χ2v) is 6.71. The van der Waals surface area contributed by atoms with Crippen molar-refractivity contribution in [3.8, 4) is 11.5 Å². The molecule has 1 heterocycles. The molecule has 0 spiro atoms. The Balaban J connectivity index is 1.51. The van der Waals surface area contributed by atoms with Crippen molar-refractivity contribution >= 4 is 5.97 Å². The molecule has 0 radical (unpaired) electrons. The second kappa shape index (κ2) is 6.21. The third-order valence-corrected chi connectivity index (χ3v) is 5.05. The van der Waals surface area contributed by atoms with Crippen LogP contribution in [0.3, 0.4) is 0 Å². The zero-order valence-electron chi connectivity index (χ0n) is 14.3. The topological polar surface area (TPSA) is 65.0 Å². The second-order valence-electron chi connectivity index (χ2n) is 6.71. The molecule has 0 aromatic heterocycles. The van der Waals surface area contributed by atoms with Gasteiger partial charge in [-0.3, -0.25) is 4.79 Å². The smallest absolute Gasteiger partial charge is 0.416 e. The van der Waals surface area contributed by atoms with Gasteiger partial charge in [-0.2, -0.15) is 13.2 Å². The molecule has 4 rings (SSSR count). The van der Waals surface area contributed by atoms with E-state index in [4.69, 9.17) is 19.3 Å². The molecule has 2 aliphatic carbocycles. The van der Waals surface area contributed by atoms with Gasteiger partial charge in [0, 0.05) is 17.9 Å². The van der Waals surface area contributed by atoms with E-state index in [1.54, 1.807) is 19.1 Å². The lowest BCUT2D eigenvalue weighted by Crippen LogP contribution is -2.15. The summed E-state index contributed by atoms with van der Waals surface area (Å²) in [4.78, 5) is 11.1. The van der Waals surface area contributed by atoms with Crippen LogP contribution in [0.25, 0.3) is 0 Å². The standard InChI is InChI=1S/C19H17F3O5/c1-2-25-14-7-9(19(20,21)22)3-6-12(14)26-10-4-5-11-13(8-10)27-17-15(11)16(17)18(23)24/h3-4,6-8,11,15-17H,2,5H2,1H3,(H,23,24). The third-order valence-electron chi connectivity index (χ3n) is 5.05. The van der Waals surface area contributed by atoms with Gasteiger partial charge in [0.1, 0.15) is 23.5 Å². The molecular formula is C19H17F3O5. The van der Waals surface area contributed by atoms with Gasteiger partial charge >= 0.3 is 12.1 Å². The van der Waals surface area contributed by atoms with Crippen molar-refractivity contribution in [2.45, 2.75) is 25.6 Å². The Morgan fingerprint density at radius 2 is 2.11 bits per heavy atom. The van der Waals surface area contributed by atoms with Gasteiger partial charge < -0.3 is 19.3 Å². The number of carboxylic acid groups (broad SMARTS) is 1. The summed E-state index contributed by atoms with van der Waals surface area (Å²) < 4.78 is 55.4. The highest BCUT2D eigenvalue weighted by molar-refractivity contribution is 5.76. The lowest BCUT2D eigenvalue weighted by atomic mass is 9.92. The van der Waals surface area contributed by atoms with Crippen LogP contribution < -0.4 is 9.47 Å².